The quantitative estimate of drug-likeness (QED) is 0.436. The minimum absolute atomic E-state index is 0.103. The van der Waals surface area contributed by atoms with Gasteiger partial charge >= 0.3 is 0 Å². The van der Waals surface area contributed by atoms with Gasteiger partial charge in [-0.3, -0.25) is 4.79 Å². The van der Waals surface area contributed by atoms with E-state index in [9.17, 15) is 4.79 Å². The Morgan fingerprint density at radius 2 is 1.85 bits per heavy atom. The van der Waals surface area contributed by atoms with Crippen LogP contribution < -0.4 is 4.74 Å². The highest BCUT2D eigenvalue weighted by Crippen LogP contribution is 2.34. The van der Waals surface area contributed by atoms with Crippen LogP contribution in [-0.4, -0.2) is 27.9 Å². The SMILES string of the molecule is C[C@@H](Cc1ccc(OC(C)(C)C)cc1)C(=O)N1CCCCC1c1ncc(-c2ccccc2)o1. The van der Waals surface area contributed by atoms with Gasteiger partial charge in [0.15, 0.2) is 5.76 Å². The second kappa shape index (κ2) is 9.82. The summed E-state index contributed by atoms with van der Waals surface area (Å²) in [4.78, 5) is 20.0. The van der Waals surface area contributed by atoms with E-state index in [1.165, 1.54) is 0 Å². The zero-order chi connectivity index (χ0) is 23.4. The molecule has 1 fully saturated rings. The van der Waals surface area contributed by atoms with Crippen LogP contribution in [0.3, 0.4) is 0 Å². The van der Waals surface area contributed by atoms with E-state index < -0.39 is 0 Å². The number of hydrogen-bond donors (Lipinski definition) is 0. The summed E-state index contributed by atoms with van der Waals surface area (Å²) in [6.07, 6.45) is 5.43. The zero-order valence-corrected chi connectivity index (χ0v) is 20.1. The number of ether oxygens (including phenoxy) is 1. The van der Waals surface area contributed by atoms with Crippen molar-refractivity contribution in [2.75, 3.05) is 6.54 Å². The van der Waals surface area contributed by atoms with Gasteiger partial charge in [0.1, 0.15) is 17.4 Å². The minimum atomic E-state index is -0.228. The highest BCUT2D eigenvalue weighted by molar-refractivity contribution is 5.79. The van der Waals surface area contributed by atoms with Crippen molar-refractivity contribution >= 4 is 5.91 Å². The molecular formula is C28H34N2O3. The van der Waals surface area contributed by atoms with E-state index in [-0.39, 0.29) is 23.5 Å². The van der Waals surface area contributed by atoms with Gasteiger partial charge < -0.3 is 14.1 Å². The van der Waals surface area contributed by atoms with Crippen molar-refractivity contribution in [1.82, 2.24) is 9.88 Å². The van der Waals surface area contributed by atoms with Crippen LogP contribution in [-0.2, 0) is 11.2 Å². The van der Waals surface area contributed by atoms with E-state index in [1.807, 2.05) is 75.1 Å². The van der Waals surface area contributed by atoms with Crippen LogP contribution >= 0.6 is 0 Å². The van der Waals surface area contributed by atoms with Gasteiger partial charge in [-0.2, -0.15) is 0 Å². The number of amides is 1. The van der Waals surface area contributed by atoms with Gasteiger partial charge in [-0.1, -0.05) is 49.4 Å². The Labute approximate surface area is 196 Å². The van der Waals surface area contributed by atoms with Crippen LogP contribution in [0.2, 0.25) is 0 Å². The summed E-state index contributed by atoms with van der Waals surface area (Å²) in [5.41, 5.74) is 1.90. The van der Waals surface area contributed by atoms with Gasteiger partial charge in [0, 0.05) is 18.0 Å². The lowest BCUT2D eigenvalue weighted by Gasteiger charge is -2.35. The third-order valence-corrected chi connectivity index (χ3v) is 5.96. The molecule has 1 aromatic heterocycles. The highest BCUT2D eigenvalue weighted by Gasteiger charge is 2.33. The number of oxazole rings is 1. The van der Waals surface area contributed by atoms with Crippen molar-refractivity contribution in [3.05, 3.63) is 72.2 Å². The average Bonchev–Trinajstić information content (AvgIpc) is 3.30. The number of piperidine rings is 1. The van der Waals surface area contributed by atoms with Gasteiger partial charge in [-0.15, -0.1) is 0 Å². The smallest absolute Gasteiger partial charge is 0.226 e. The van der Waals surface area contributed by atoms with Crippen LogP contribution in [0.15, 0.2) is 65.2 Å². The molecule has 0 saturated carbocycles. The van der Waals surface area contributed by atoms with Crippen LogP contribution in [0.25, 0.3) is 11.3 Å². The van der Waals surface area contributed by atoms with Gasteiger partial charge in [0.05, 0.1) is 6.20 Å². The number of aromatic nitrogens is 1. The zero-order valence-electron chi connectivity index (χ0n) is 20.1. The fourth-order valence-corrected chi connectivity index (χ4v) is 4.40. The highest BCUT2D eigenvalue weighted by atomic mass is 16.5. The van der Waals surface area contributed by atoms with Gasteiger partial charge in [0.25, 0.3) is 0 Å². The van der Waals surface area contributed by atoms with E-state index in [0.717, 1.165) is 48.4 Å². The molecule has 1 aliphatic heterocycles. The van der Waals surface area contributed by atoms with Crippen molar-refractivity contribution < 1.29 is 13.9 Å². The number of hydrogen-bond acceptors (Lipinski definition) is 4. The standard InChI is InChI=1S/C28H34N2O3/c1-20(18-21-13-15-23(16-14-21)33-28(2,3)4)27(31)30-17-9-8-12-24(30)26-29-19-25(32-26)22-10-6-5-7-11-22/h5-7,10-11,13-16,19-20,24H,8-9,12,17-18H2,1-4H3/t20-,24?/m0/s1. The van der Waals surface area contributed by atoms with Crippen LogP contribution in [0.1, 0.15) is 64.5 Å². The van der Waals surface area contributed by atoms with Gasteiger partial charge in [-0.05, 0) is 64.2 Å². The maximum Gasteiger partial charge on any atom is 0.226 e. The lowest BCUT2D eigenvalue weighted by Crippen LogP contribution is -2.42. The summed E-state index contributed by atoms with van der Waals surface area (Å²) in [5, 5.41) is 0. The number of carbonyl (C=O) groups is 1. The Hall–Kier alpha value is -3.08. The fraction of sp³-hybridized carbons (Fsp3) is 0.429. The van der Waals surface area contributed by atoms with Crippen molar-refractivity contribution in [2.45, 2.75) is 65.0 Å². The van der Waals surface area contributed by atoms with Gasteiger partial charge in [-0.25, -0.2) is 4.98 Å². The van der Waals surface area contributed by atoms with Crippen LogP contribution in [0.5, 0.6) is 5.75 Å². The van der Waals surface area contributed by atoms with Gasteiger partial charge in [0.2, 0.25) is 11.8 Å². The maximum absolute atomic E-state index is 13.4. The summed E-state index contributed by atoms with van der Waals surface area (Å²) in [5.74, 6) is 2.27. The summed E-state index contributed by atoms with van der Waals surface area (Å²) in [6.45, 7) is 8.86. The number of rotatable bonds is 6. The first kappa shape index (κ1) is 23.1. The fourth-order valence-electron chi connectivity index (χ4n) is 4.40. The second-order valence-corrected chi connectivity index (χ2v) is 9.94. The number of carbonyl (C=O) groups excluding carboxylic acids is 1. The number of benzene rings is 2. The molecule has 1 aliphatic rings. The molecule has 2 heterocycles. The molecule has 5 nitrogen and oxygen atoms in total. The lowest BCUT2D eigenvalue weighted by atomic mass is 9.95. The second-order valence-electron chi connectivity index (χ2n) is 9.94. The molecule has 4 rings (SSSR count). The van der Waals surface area contributed by atoms with E-state index >= 15 is 0 Å². The Kier molecular flexibility index (Phi) is 6.87. The Balaban J connectivity index is 1.44. The van der Waals surface area contributed by atoms with E-state index in [1.54, 1.807) is 6.20 Å². The first-order valence-corrected chi connectivity index (χ1v) is 11.9. The predicted octanol–water partition coefficient (Wildman–Crippen LogP) is 6.45. The van der Waals surface area contributed by atoms with Crippen molar-refractivity contribution in [1.29, 1.82) is 0 Å². The third-order valence-electron chi connectivity index (χ3n) is 5.96. The molecule has 174 valence electrons. The maximum atomic E-state index is 13.4. The third kappa shape index (κ3) is 5.84. The number of likely N-dealkylation sites (tertiary alicyclic amines) is 1. The molecule has 2 aromatic carbocycles. The molecule has 0 spiro atoms. The monoisotopic (exact) mass is 446 g/mol. The molecule has 0 radical (unpaired) electrons. The van der Waals surface area contributed by atoms with E-state index in [2.05, 4.69) is 17.1 Å². The average molecular weight is 447 g/mol. The van der Waals surface area contributed by atoms with Crippen LogP contribution in [0.4, 0.5) is 0 Å². The normalized spacial score (nSPS) is 17.6. The summed E-state index contributed by atoms with van der Waals surface area (Å²) in [7, 11) is 0. The molecule has 3 aromatic rings. The Morgan fingerprint density at radius 3 is 2.55 bits per heavy atom. The summed E-state index contributed by atoms with van der Waals surface area (Å²) >= 11 is 0. The molecule has 1 amide bonds. The molecule has 2 atom stereocenters. The molecule has 0 bridgehead atoms. The van der Waals surface area contributed by atoms with Crippen molar-refractivity contribution in [3.63, 3.8) is 0 Å². The van der Waals surface area contributed by atoms with Crippen molar-refractivity contribution in [3.8, 4) is 17.1 Å². The lowest BCUT2D eigenvalue weighted by molar-refractivity contribution is -0.139. The Morgan fingerprint density at radius 1 is 1.12 bits per heavy atom. The van der Waals surface area contributed by atoms with E-state index in [4.69, 9.17) is 9.15 Å². The first-order valence-electron chi connectivity index (χ1n) is 11.9. The van der Waals surface area contributed by atoms with E-state index in [0.29, 0.717) is 12.3 Å². The molecule has 0 aliphatic carbocycles. The predicted molar refractivity (Wildman–Crippen MR) is 130 cm³/mol. The molecule has 1 saturated heterocycles. The molecule has 0 N–H and O–H groups in total. The summed E-state index contributed by atoms with van der Waals surface area (Å²) in [6, 6.07) is 17.9. The molecule has 33 heavy (non-hydrogen) atoms. The molecule has 1 unspecified atom stereocenters. The Bertz CT molecular complexity index is 1050. The summed E-state index contributed by atoms with van der Waals surface area (Å²) < 4.78 is 12.0. The first-order chi connectivity index (χ1) is 15.8. The molecular weight excluding hydrogens is 412 g/mol. The largest absolute Gasteiger partial charge is 0.488 e. The van der Waals surface area contributed by atoms with Crippen LogP contribution in [0, 0.1) is 5.92 Å². The van der Waals surface area contributed by atoms with Crippen molar-refractivity contribution in [2.24, 2.45) is 5.92 Å². The molecule has 5 heteroatoms. The number of nitrogens with zero attached hydrogens (tertiary/aromatic N) is 2. The minimum Gasteiger partial charge on any atom is -0.488 e. The topological polar surface area (TPSA) is 55.6 Å².